The second-order valence-electron chi connectivity index (χ2n) is 5.02. The number of aliphatic carboxylic acids is 1. The molecule has 1 aromatic rings. The minimum absolute atomic E-state index is 0.219. The molecule has 0 heterocycles. The molecule has 0 bridgehead atoms. The van der Waals surface area contributed by atoms with E-state index >= 15 is 0 Å². The Kier molecular flexibility index (Phi) is 4.37. The normalized spacial score (nSPS) is 21.7. The Hall–Kier alpha value is -1.91. The SMILES string of the molecule is CCN(C(=O)C1CCCC1C(=O)O)c1ccccc1F. The molecule has 1 aromatic carbocycles. The van der Waals surface area contributed by atoms with Gasteiger partial charge in [0.2, 0.25) is 5.91 Å². The average molecular weight is 279 g/mol. The van der Waals surface area contributed by atoms with E-state index in [9.17, 15) is 14.0 Å². The molecule has 5 heteroatoms. The van der Waals surface area contributed by atoms with Gasteiger partial charge >= 0.3 is 5.97 Å². The highest BCUT2D eigenvalue weighted by Gasteiger charge is 2.40. The Labute approximate surface area is 117 Å². The van der Waals surface area contributed by atoms with Gasteiger partial charge in [-0.3, -0.25) is 9.59 Å². The number of carbonyl (C=O) groups is 2. The molecule has 1 N–H and O–H groups in total. The van der Waals surface area contributed by atoms with Crippen LogP contribution in [0.2, 0.25) is 0 Å². The van der Waals surface area contributed by atoms with E-state index < -0.39 is 23.6 Å². The van der Waals surface area contributed by atoms with Gasteiger partial charge in [-0.1, -0.05) is 18.6 Å². The Bertz CT molecular complexity index is 518. The molecule has 4 nitrogen and oxygen atoms in total. The molecule has 108 valence electrons. The van der Waals surface area contributed by atoms with E-state index in [-0.39, 0.29) is 11.6 Å². The molecule has 0 aromatic heterocycles. The molecule has 2 atom stereocenters. The standard InChI is InChI=1S/C15H18FNO3/c1-2-17(13-9-4-3-8-12(13)16)14(18)10-6-5-7-11(10)15(19)20/h3-4,8-11H,2,5-7H2,1H3,(H,19,20). The van der Waals surface area contributed by atoms with Crippen molar-refractivity contribution in [3.05, 3.63) is 30.1 Å². The van der Waals surface area contributed by atoms with Crippen LogP contribution in [0.4, 0.5) is 10.1 Å². The highest BCUT2D eigenvalue weighted by Crippen LogP contribution is 2.34. The maximum Gasteiger partial charge on any atom is 0.307 e. The molecule has 1 aliphatic rings. The van der Waals surface area contributed by atoms with Gasteiger partial charge in [0, 0.05) is 6.54 Å². The van der Waals surface area contributed by atoms with Crippen molar-refractivity contribution < 1.29 is 19.1 Å². The number of hydrogen-bond donors (Lipinski definition) is 1. The third kappa shape index (κ3) is 2.66. The number of anilines is 1. The van der Waals surface area contributed by atoms with Gasteiger partial charge in [0.25, 0.3) is 0 Å². The minimum Gasteiger partial charge on any atom is -0.481 e. The van der Waals surface area contributed by atoms with Crippen molar-refractivity contribution >= 4 is 17.6 Å². The van der Waals surface area contributed by atoms with Crippen molar-refractivity contribution in [1.29, 1.82) is 0 Å². The molecule has 0 aliphatic heterocycles. The van der Waals surface area contributed by atoms with Crippen molar-refractivity contribution in [3.8, 4) is 0 Å². The molecule has 2 unspecified atom stereocenters. The lowest BCUT2D eigenvalue weighted by molar-refractivity contribution is -0.145. The molecular weight excluding hydrogens is 261 g/mol. The van der Waals surface area contributed by atoms with Crippen LogP contribution in [-0.2, 0) is 9.59 Å². The number of carboxylic acid groups (broad SMARTS) is 1. The molecule has 0 spiro atoms. The smallest absolute Gasteiger partial charge is 0.307 e. The van der Waals surface area contributed by atoms with Crippen molar-refractivity contribution in [2.24, 2.45) is 11.8 Å². The first-order chi connectivity index (χ1) is 9.56. The van der Waals surface area contributed by atoms with Crippen LogP contribution >= 0.6 is 0 Å². The largest absolute Gasteiger partial charge is 0.481 e. The zero-order chi connectivity index (χ0) is 14.7. The second-order valence-corrected chi connectivity index (χ2v) is 5.02. The third-order valence-corrected chi connectivity index (χ3v) is 3.88. The summed E-state index contributed by atoms with van der Waals surface area (Å²) < 4.78 is 13.8. The maximum absolute atomic E-state index is 13.8. The van der Waals surface area contributed by atoms with E-state index in [1.54, 1.807) is 25.1 Å². The van der Waals surface area contributed by atoms with E-state index in [0.717, 1.165) is 6.42 Å². The summed E-state index contributed by atoms with van der Waals surface area (Å²) in [5.41, 5.74) is 0.219. The minimum atomic E-state index is -0.939. The van der Waals surface area contributed by atoms with Gasteiger partial charge < -0.3 is 10.0 Å². The first-order valence-electron chi connectivity index (χ1n) is 6.85. The van der Waals surface area contributed by atoms with Crippen LogP contribution in [-0.4, -0.2) is 23.5 Å². The van der Waals surface area contributed by atoms with Crippen LogP contribution < -0.4 is 4.90 Å². The Morgan fingerprint density at radius 1 is 1.30 bits per heavy atom. The van der Waals surface area contributed by atoms with Crippen molar-refractivity contribution in [2.75, 3.05) is 11.4 Å². The van der Waals surface area contributed by atoms with Gasteiger partial charge in [0.15, 0.2) is 0 Å². The monoisotopic (exact) mass is 279 g/mol. The highest BCUT2D eigenvalue weighted by molar-refractivity contribution is 5.97. The number of nitrogens with zero attached hydrogens (tertiary/aromatic N) is 1. The summed E-state index contributed by atoms with van der Waals surface area (Å²) in [5.74, 6) is -2.89. The molecule has 20 heavy (non-hydrogen) atoms. The van der Waals surface area contributed by atoms with Crippen LogP contribution in [0.5, 0.6) is 0 Å². The first kappa shape index (κ1) is 14.5. The zero-order valence-corrected chi connectivity index (χ0v) is 11.4. The second kappa shape index (κ2) is 6.03. The predicted molar refractivity (Wildman–Crippen MR) is 72.9 cm³/mol. The van der Waals surface area contributed by atoms with Gasteiger partial charge in [-0.2, -0.15) is 0 Å². The van der Waals surface area contributed by atoms with Crippen LogP contribution in [0.1, 0.15) is 26.2 Å². The number of benzene rings is 1. The molecule has 1 aliphatic carbocycles. The lowest BCUT2D eigenvalue weighted by Gasteiger charge is -2.26. The summed E-state index contributed by atoms with van der Waals surface area (Å²) in [6.45, 7) is 2.08. The number of para-hydroxylation sites is 1. The Morgan fingerprint density at radius 3 is 2.55 bits per heavy atom. The van der Waals surface area contributed by atoms with Gasteiger partial charge in [-0.15, -0.1) is 0 Å². The molecule has 1 amide bonds. The fourth-order valence-electron chi connectivity index (χ4n) is 2.87. The number of carbonyl (C=O) groups excluding carboxylic acids is 1. The summed E-state index contributed by atoms with van der Waals surface area (Å²) in [7, 11) is 0. The van der Waals surface area contributed by atoms with E-state index in [1.807, 2.05) is 0 Å². The summed E-state index contributed by atoms with van der Waals surface area (Å²) in [4.78, 5) is 25.1. The lowest BCUT2D eigenvalue weighted by Crippen LogP contribution is -2.39. The highest BCUT2D eigenvalue weighted by atomic mass is 19.1. The summed E-state index contributed by atoms with van der Waals surface area (Å²) in [6, 6.07) is 6.07. The molecule has 1 saturated carbocycles. The third-order valence-electron chi connectivity index (χ3n) is 3.88. The van der Waals surface area contributed by atoms with Gasteiger partial charge in [0.1, 0.15) is 5.82 Å². The summed E-state index contributed by atoms with van der Waals surface area (Å²) in [6.07, 6.45) is 1.80. The topological polar surface area (TPSA) is 57.6 Å². The number of carboxylic acids is 1. The van der Waals surface area contributed by atoms with E-state index in [4.69, 9.17) is 5.11 Å². The molecule has 1 fully saturated rings. The van der Waals surface area contributed by atoms with Crippen LogP contribution in [0, 0.1) is 17.7 Å². The van der Waals surface area contributed by atoms with E-state index in [2.05, 4.69) is 0 Å². The quantitative estimate of drug-likeness (QED) is 0.921. The van der Waals surface area contributed by atoms with Crippen molar-refractivity contribution in [1.82, 2.24) is 0 Å². The lowest BCUT2D eigenvalue weighted by atomic mass is 9.94. The van der Waals surface area contributed by atoms with Gasteiger partial charge in [-0.05, 0) is 31.9 Å². The maximum atomic E-state index is 13.8. The molecule has 0 radical (unpaired) electrons. The fourth-order valence-corrected chi connectivity index (χ4v) is 2.87. The summed E-state index contributed by atoms with van der Waals surface area (Å²) in [5, 5.41) is 9.17. The number of rotatable bonds is 4. The van der Waals surface area contributed by atoms with Crippen LogP contribution in [0.3, 0.4) is 0 Å². The van der Waals surface area contributed by atoms with Crippen molar-refractivity contribution in [2.45, 2.75) is 26.2 Å². The van der Waals surface area contributed by atoms with Gasteiger partial charge in [-0.25, -0.2) is 4.39 Å². The molecular formula is C15H18FNO3. The molecule has 2 rings (SSSR count). The van der Waals surface area contributed by atoms with Crippen molar-refractivity contribution in [3.63, 3.8) is 0 Å². The molecule has 0 saturated heterocycles. The van der Waals surface area contributed by atoms with E-state index in [1.165, 1.54) is 11.0 Å². The van der Waals surface area contributed by atoms with E-state index in [0.29, 0.717) is 19.4 Å². The fraction of sp³-hybridized carbons (Fsp3) is 0.467. The number of halogens is 1. The Morgan fingerprint density at radius 2 is 1.95 bits per heavy atom. The first-order valence-corrected chi connectivity index (χ1v) is 6.85. The summed E-state index contributed by atoms with van der Waals surface area (Å²) >= 11 is 0. The average Bonchev–Trinajstić information content (AvgIpc) is 2.91. The Balaban J connectivity index is 2.26. The number of hydrogen-bond acceptors (Lipinski definition) is 2. The number of amides is 1. The van der Waals surface area contributed by atoms with Crippen LogP contribution in [0.25, 0.3) is 0 Å². The van der Waals surface area contributed by atoms with Gasteiger partial charge in [0.05, 0.1) is 17.5 Å². The zero-order valence-electron chi connectivity index (χ0n) is 11.4. The predicted octanol–water partition coefficient (Wildman–Crippen LogP) is 2.68. The van der Waals surface area contributed by atoms with Crippen LogP contribution in [0.15, 0.2) is 24.3 Å².